The lowest BCUT2D eigenvalue weighted by molar-refractivity contribution is 0.594. The summed E-state index contributed by atoms with van der Waals surface area (Å²) in [5.74, 6) is 5.77. The Labute approximate surface area is 98.7 Å². The van der Waals surface area contributed by atoms with Crippen molar-refractivity contribution in [3.05, 3.63) is 59.4 Å². The first-order valence-corrected chi connectivity index (χ1v) is 5.21. The Morgan fingerprint density at radius 1 is 1.18 bits per heavy atom. The number of hydrogen-bond donors (Lipinski definition) is 2. The highest BCUT2D eigenvalue weighted by atomic mass is 19.1. The van der Waals surface area contributed by atoms with Crippen LogP contribution in [0.1, 0.15) is 23.0 Å². The van der Waals surface area contributed by atoms with Crippen LogP contribution in [0, 0.1) is 12.7 Å². The van der Waals surface area contributed by atoms with E-state index in [9.17, 15) is 4.39 Å². The summed E-state index contributed by atoms with van der Waals surface area (Å²) >= 11 is 0. The average Bonchev–Trinajstić information content (AvgIpc) is 2.35. The van der Waals surface area contributed by atoms with Gasteiger partial charge in [-0.3, -0.25) is 5.84 Å². The fourth-order valence-corrected chi connectivity index (χ4v) is 1.53. The Hall–Kier alpha value is -1.85. The molecule has 5 heteroatoms. The summed E-state index contributed by atoms with van der Waals surface area (Å²) in [7, 11) is 0. The number of hydrogen-bond acceptors (Lipinski definition) is 4. The van der Waals surface area contributed by atoms with Gasteiger partial charge in [-0.05, 0) is 30.2 Å². The van der Waals surface area contributed by atoms with Crippen LogP contribution in [0.25, 0.3) is 0 Å². The van der Waals surface area contributed by atoms with E-state index in [1.165, 1.54) is 12.1 Å². The molecule has 0 aliphatic heterocycles. The lowest BCUT2D eigenvalue weighted by Crippen LogP contribution is -2.30. The first kappa shape index (κ1) is 11.6. The molecule has 0 aliphatic rings. The van der Waals surface area contributed by atoms with Crippen molar-refractivity contribution in [1.29, 1.82) is 0 Å². The van der Waals surface area contributed by atoms with Crippen molar-refractivity contribution in [2.75, 3.05) is 0 Å². The van der Waals surface area contributed by atoms with Gasteiger partial charge in [-0.25, -0.2) is 19.8 Å². The minimum absolute atomic E-state index is 0.283. The highest BCUT2D eigenvalue weighted by Crippen LogP contribution is 2.18. The lowest BCUT2D eigenvalue weighted by Gasteiger charge is -2.14. The Kier molecular flexibility index (Phi) is 3.41. The van der Waals surface area contributed by atoms with Gasteiger partial charge in [0.2, 0.25) is 0 Å². The standard InChI is InChI=1S/C12H13FN4/c1-8-6-15-12(16-7-8)11(17-14)9-2-4-10(13)5-3-9/h2-7,11,17H,14H2,1H3. The topological polar surface area (TPSA) is 63.8 Å². The maximum absolute atomic E-state index is 12.8. The summed E-state index contributed by atoms with van der Waals surface area (Å²) in [5, 5.41) is 0. The third kappa shape index (κ3) is 2.64. The zero-order valence-electron chi connectivity index (χ0n) is 9.39. The van der Waals surface area contributed by atoms with Crippen LogP contribution in [0.3, 0.4) is 0 Å². The molecule has 0 bridgehead atoms. The van der Waals surface area contributed by atoms with Crippen molar-refractivity contribution in [1.82, 2.24) is 15.4 Å². The van der Waals surface area contributed by atoms with Gasteiger partial charge in [0.1, 0.15) is 11.9 Å². The largest absolute Gasteiger partial charge is 0.270 e. The molecule has 0 fully saturated rings. The van der Waals surface area contributed by atoms with Gasteiger partial charge < -0.3 is 0 Å². The third-order valence-electron chi connectivity index (χ3n) is 2.43. The number of nitrogens with one attached hydrogen (secondary N) is 1. The van der Waals surface area contributed by atoms with E-state index in [2.05, 4.69) is 15.4 Å². The number of hydrazine groups is 1. The SMILES string of the molecule is Cc1cnc(C(NN)c2ccc(F)cc2)nc1. The minimum Gasteiger partial charge on any atom is -0.270 e. The zero-order chi connectivity index (χ0) is 12.3. The van der Waals surface area contributed by atoms with E-state index in [-0.39, 0.29) is 11.9 Å². The molecule has 0 radical (unpaired) electrons. The third-order valence-corrected chi connectivity index (χ3v) is 2.43. The molecule has 17 heavy (non-hydrogen) atoms. The van der Waals surface area contributed by atoms with Gasteiger partial charge in [0.25, 0.3) is 0 Å². The minimum atomic E-state index is -0.337. The van der Waals surface area contributed by atoms with Crippen molar-refractivity contribution in [3.63, 3.8) is 0 Å². The van der Waals surface area contributed by atoms with Gasteiger partial charge >= 0.3 is 0 Å². The second-order valence-electron chi connectivity index (χ2n) is 3.77. The van der Waals surface area contributed by atoms with E-state index >= 15 is 0 Å². The number of aromatic nitrogens is 2. The van der Waals surface area contributed by atoms with Crippen LogP contribution in [0.5, 0.6) is 0 Å². The number of aryl methyl sites for hydroxylation is 1. The Morgan fingerprint density at radius 2 is 1.76 bits per heavy atom. The predicted molar refractivity (Wildman–Crippen MR) is 62.3 cm³/mol. The van der Waals surface area contributed by atoms with E-state index in [1.54, 1.807) is 24.5 Å². The highest BCUT2D eigenvalue weighted by Gasteiger charge is 2.14. The molecule has 3 N–H and O–H groups in total. The fraction of sp³-hybridized carbons (Fsp3) is 0.167. The Morgan fingerprint density at radius 3 is 2.29 bits per heavy atom. The number of benzene rings is 1. The van der Waals surface area contributed by atoms with E-state index in [4.69, 9.17) is 5.84 Å². The fourth-order valence-electron chi connectivity index (χ4n) is 1.53. The molecule has 2 aromatic rings. The van der Waals surface area contributed by atoms with Crippen LogP contribution in [0.4, 0.5) is 4.39 Å². The summed E-state index contributed by atoms with van der Waals surface area (Å²) in [6.07, 6.45) is 3.44. The molecule has 1 heterocycles. The van der Waals surface area contributed by atoms with Gasteiger partial charge in [-0.1, -0.05) is 12.1 Å². The summed E-state index contributed by atoms with van der Waals surface area (Å²) in [6, 6.07) is 5.74. The van der Waals surface area contributed by atoms with E-state index in [0.29, 0.717) is 5.82 Å². The predicted octanol–water partition coefficient (Wildman–Crippen LogP) is 1.48. The summed E-state index contributed by atoms with van der Waals surface area (Å²) in [4.78, 5) is 8.40. The average molecular weight is 232 g/mol. The molecule has 0 saturated heterocycles. The zero-order valence-corrected chi connectivity index (χ0v) is 9.39. The molecule has 1 aromatic heterocycles. The Balaban J connectivity index is 2.33. The first-order chi connectivity index (χ1) is 8.20. The maximum atomic E-state index is 12.8. The maximum Gasteiger partial charge on any atom is 0.150 e. The second kappa shape index (κ2) is 4.99. The van der Waals surface area contributed by atoms with Crippen molar-refractivity contribution in [2.45, 2.75) is 13.0 Å². The van der Waals surface area contributed by atoms with Crippen LogP contribution in [0.2, 0.25) is 0 Å². The van der Waals surface area contributed by atoms with Gasteiger partial charge in [-0.15, -0.1) is 0 Å². The smallest absolute Gasteiger partial charge is 0.150 e. The van der Waals surface area contributed by atoms with E-state index in [0.717, 1.165) is 11.1 Å². The number of nitrogens with two attached hydrogens (primary N) is 1. The molecule has 4 nitrogen and oxygen atoms in total. The van der Waals surface area contributed by atoms with E-state index in [1.807, 2.05) is 6.92 Å². The summed E-state index contributed by atoms with van der Waals surface area (Å²) in [6.45, 7) is 1.91. The van der Waals surface area contributed by atoms with Crippen LogP contribution in [-0.4, -0.2) is 9.97 Å². The van der Waals surface area contributed by atoms with Gasteiger partial charge in [0.05, 0.1) is 0 Å². The van der Waals surface area contributed by atoms with Crippen molar-refractivity contribution < 1.29 is 4.39 Å². The number of rotatable bonds is 3. The molecule has 0 saturated carbocycles. The number of halogens is 1. The molecule has 0 amide bonds. The van der Waals surface area contributed by atoms with Gasteiger partial charge in [0, 0.05) is 12.4 Å². The molecule has 88 valence electrons. The van der Waals surface area contributed by atoms with Crippen molar-refractivity contribution in [3.8, 4) is 0 Å². The van der Waals surface area contributed by atoms with Gasteiger partial charge in [0.15, 0.2) is 5.82 Å². The second-order valence-corrected chi connectivity index (χ2v) is 3.77. The molecular weight excluding hydrogens is 219 g/mol. The lowest BCUT2D eigenvalue weighted by atomic mass is 10.1. The quantitative estimate of drug-likeness (QED) is 0.621. The number of nitrogens with zero attached hydrogens (tertiary/aromatic N) is 2. The molecule has 1 aromatic carbocycles. The molecule has 1 unspecified atom stereocenters. The molecule has 2 rings (SSSR count). The summed E-state index contributed by atoms with van der Waals surface area (Å²) in [5.41, 5.74) is 4.42. The first-order valence-electron chi connectivity index (χ1n) is 5.21. The van der Waals surface area contributed by atoms with Crippen LogP contribution in [0.15, 0.2) is 36.7 Å². The van der Waals surface area contributed by atoms with Crippen molar-refractivity contribution >= 4 is 0 Å². The summed E-state index contributed by atoms with van der Waals surface area (Å²) < 4.78 is 12.8. The molecule has 0 aliphatic carbocycles. The van der Waals surface area contributed by atoms with E-state index < -0.39 is 0 Å². The van der Waals surface area contributed by atoms with Crippen LogP contribution < -0.4 is 11.3 Å². The highest BCUT2D eigenvalue weighted by molar-refractivity contribution is 5.25. The molecular formula is C12H13FN4. The van der Waals surface area contributed by atoms with Gasteiger partial charge in [-0.2, -0.15) is 0 Å². The normalized spacial score (nSPS) is 12.4. The van der Waals surface area contributed by atoms with Crippen molar-refractivity contribution in [2.24, 2.45) is 5.84 Å². The van der Waals surface area contributed by atoms with Crippen LogP contribution >= 0.6 is 0 Å². The Bertz CT molecular complexity index is 435. The molecule has 0 spiro atoms. The monoisotopic (exact) mass is 232 g/mol. The van der Waals surface area contributed by atoms with Crippen LogP contribution in [-0.2, 0) is 0 Å². The molecule has 1 atom stereocenters.